The topological polar surface area (TPSA) is 4.93 Å². The van der Waals surface area contributed by atoms with Gasteiger partial charge in [0.2, 0.25) is 0 Å². The molecule has 0 fully saturated rings. The molecule has 0 spiro atoms. The van der Waals surface area contributed by atoms with Crippen molar-refractivity contribution in [3.63, 3.8) is 0 Å². The fourth-order valence-electron chi connectivity index (χ4n) is 6.98. The number of benzene rings is 6. The molecule has 0 radical (unpaired) electrons. The van der Waals surface area contributed by atoms with Gasteiger partial charge in [-0.3, -0.25) is 0 Å². The second-order valence-electron chi connectivity index (χ2n) is 11.0. The molecule has 2 aliphatic carbocycles. The zero-order chi connectivity index (χ0) is 25.5. The number of hydrogen-bond donors (Lipinski definition) is 0. The van der Waals surface area contributed by atoms with E-state index < -0.39 is 0 Å². The maximum absolute atomic E-state index is 2.42. The van der Waals surface area contributed by atoms with Crippen molar-refractivity contribution in [3.05, 3.63) is 150 Å². The van der Waals surface area contributed by atoms with E-state index >= 15 is 0 Å². The summed E-state index contributed by atoms with van der Waals surface area (Å²) in [4.78, 5) is 0. The molecule has 0 atom stereocenters. The number of hydrogen-bond acceptors (Lipinski definition) is 0. The van der Waals surface area contributed by atoms with Crippen LogP contribution in [-0.4, -0.2) is 4.57 Å². The summed E-state index contributed by atoms with van der Waals surface area (Å²) in [6.07, 6.45) is 2.03. The molecule has 7 aromatic rings. The van der Waals surface area contributed by atoms with Crippen molar-refractivity contribution in [1.29, 1.82) is 0 Å². The largest absolute Gasteiger partial charge is 0.309 e. The molecule has 6 aromatic carbocycles. The van der Waals surface area contributed by atoms with Crippen LogP contribution in [0.5, 0.6) is 0 Å². The number of nitrogens with zero attached hydrogens (tertiary/aromatic N) is 1. The van der Waals surface area contributed by atoms with E-state index in [1.54, 1.807) is 0 Å². The van der Waals surface area contributed by atoms with Crippen molar-refractivity contribution >= 4 is 21.8 Å². The Kier molecular flexibility index (Phi) is 4.23. The van der Waals surface area contributed by atoms with Gasteiger partial charge in [-0.15, -0.1) is 0 Å². The van der Waals surface area contributed by atoms with E-state index in [0.717, 1.165) is 12.8 Å². The summed E-state index contributed by atoms with van der Waals surface area (Å²) in [5.74, 6) is 0. The Morgan fingerprint density at radius 1 is 0.385 bits per heavy atom. The number of fused-ring (bicyclic) bond motifs is 9. The molecule has 1 heteroatoms. The van der Waals surface area contributed by atoms with E-state index in [4.69, 9.17) is 0 Å². The molecule has 39 heavy (non-hydrogen) atoms. The first-order valence-corrected chi connectivity index (χ1v) is 13.8. The average molecular weight is 496 g/mol. The molecular formula is C38H25N. The minimum absolute atomic E-state index is 0.996. The van der Waals surface area contributed by atoms with Crippen LogP contribution in [0.15, 0.2) is 127 Å². The molecule has 1 nitrogen and oxygen atoms in total. The molecule has 0 bridgehead atoms. The fraction of sp³-hybridized carbons (Fsp3) is 0.0526. The zero-order valence-electron chi connectivity index (χ0n) is 21.5. The van der Waals surface area contributed by atoms with Crippen LogP contribution in [0.2, 0.25) is 0 Å². The lowest BCUT2D eigenvalue weighted by molar-refractivity contribution is 1.17. The van der Waals surface area contributed by atoms with Gasteiger partial charge in [-0.1, -0.05) is 91.0 Å². The fourth-order valence-corrected chi connectivity index (χ4v) is 6.98. The van der Waals surface area contributed by atoms with E-state index in [1.165, 1.54) is 83.1 Å². The Hall–Kier alpha value is -4.88. The van der Waals surface area contributed by atoms with Gasteiger partial charge >= 0.3 is 0 Å². The van der Waals surface area contributed by atoms with Crippen LogP contribution in [0.3, 0.4) is 0 Å². The van der Waals surface area contributed by atoms with Gasteiger partial charge in [-0.25, -0.2) is 0 Å². The van der Waals surface area contributed by atoms with Gasteiger partial charge in [0.15, 0.2) is 0 Å². The average Bonchev–Trinajstić information content (AvgIpc) is 3.65. The SMILES string of the molecule is c1ccc2c(c1)Cc1ccc(-c3ccc4c(c3)-c3cc(-n5c6ccccc6c6ccccc65)ccc3C4)cc1-2. The van der Waals surface area contributed by atoms with Gasteiger partial charge in [0.05, 0.1) is 11.0 Å². The second-order valence-corrected chi connectivity index (χ2v) is 11.0. The van der Waals surface area contributed by atoms with Gasteiger partial charge in [0.25, 0.3) is 0 Å². The van der Waals surface area contributed by atoms with Crippen molar-refractivity contribution in [2.45, 2.75) is 12.8 Å². The minimum atomic E-state index is 0.996. The summed E-state index contributed by atoms with van der Waals surface area (Å²) >= 11 is 0. The first-order valence-electron chi connectivity index (χ1n) is 13.8. The van der Waals surface area contributed by atoms with E-state index in [1.807, 2.05) is 0 Å². The number of para-hydroxylation sites is 2. The Morgan fingerprint density at radius 3 is 1.54 bits per heavy atom. The highest BCUT2D eigenvalue weighted by Gasteiger charge is 2.22. The van der Waals surface area contributed by atoms with Crippen molar-refractivity contribution in [1.82, 2.24) is 4.57 Å². The monoisotopic (exact) mass is 495 g/mol. The summed E-state index contributed by atoms with van der Waals surface area (Å²) in [5, 5.41) is 2.60. The van der Waals surface area contributed by atoms with Crippen molar-refractivity contribution in [2.75, 3.05) is 0 Å². The molecule has 0 N–H and O–H groups in total. The van der Waals surface area contributed by atoms with Crippen molar-refractivity contribution in [3.8, 4) is 39.1 Å². The van der Waals surface area contributed by atoms with E-state index in [9.17, 15) is 0 Å². The molecule has 0 aliphatic heterocycles. The third kappa shape index (κ3) is 3.02. The smallest absolute Gasteiger partial charge is 0.0541 e. The molecule has 0 amide bonds. The molecule has 1 heterocycles. The van der Waals surface area contributed by atoms with Crippen LogP contribution in [0.4, 0.5) is 0 Å². The highest BCUT2D eigenvalue weighted by atomic mass is 15.0. The van der Waals surface area contributed by atoms with Crippen LogP contribution < -0.4 is 0 Å². The lowest BCUT2D eigenvalue weighted by Gasteiger charge is -2.12. The van der Waals surface area contributed by atoms with Gasteiger partial charge in [0, 0.05) is 16.5 Å². The van der Waals surface area contributed by atoms with Crippen molar-refractivity contribution < 1.29 is 0 Å². The summed E-state index contributed by atoms with van der Waals surface area (Å²) in [6, 6.07) is 47.4. The molecule has 0 saturated carbocycles. The minimum Gasteiger partial charge on any atom is -0.309 e. The van der Waals surface area contributed by atoms with E-state index in [2.05, 4.69) is 132 Å². The molecular weight excluding hydrogens is 470 g/mol. The van der Waals surface area contributed by atoms with Crippen LogP contribution >= 0.6 is 0 Å². The maximum Gasteiger partial charge on any atom is 0.0541 e. The maximum atomic E-state index is 2.42. The van der Waals surface area contributed by atoms with Crippen LogP contribution in [0.25, 0.3) is 60.9 Å². The van der Waals surface area contributed by atoms with Crippen LogP contribution in [0.1, 0.15) is 22.3 Å². The Bertz CT molecular complexity index is 2070. The van der Waals surface area contributed by atoms with Gasteiger partial charge in [-0.2, -0.15) is 0 Å². The van der Waals surface area contributed by atoms with Crippen LogP contribution in [-0.2, 0) is 12.8 Å². The summed E-state index contributed by atoms with van der Waals surface area (Å²) in [6.45, 7) is 0. The lowest BCUT2D eigenvalue weighted by Crippen LogP contribution is -1.94. The van der Waals surface area contributed by atoms with Gasteiger partial charge < -0.3 is 4.57 Å². The van der Waals surface area contributed by atoms with E-state index in [0.29, 0.717) is 0 Å². The Morgan fingerprint density at radius 2 is 0.872 bits per heavy atom. The van der Waals surface area contributed by atoms with Gasteiger partial charge in [0.1, 0.15) is 0 Å². The third-order valence-electron chi connectivity index (χ3n) is 8.84. The molecule has 9 rings (SSSR count). The summed E-state index contributed by atoms with van der Waals surface area (Å²) < 4.78 is 2.42. The number of aromatic nitrogens is 1. The molecule has 182 valence electrons. The third-order valence-corrected chi connectivity index (χ3v) is 8.84. The zero-order valence-corrected chi connectivity index (χ0v) is 21.5. The predicted molar refractivity (Wildman–Crippen MR) is 163 cm³/mol. The molecule has 0 saturated heterocycles. The van der Waals surface area contributed by atoms with Crippen molar-refractivity contribution in [2.24, 2.45) is 0 Å². The summed E-state index contributed by atoms with van der Waals surface area (Å²) in [5.41, 5.74) is 17.5. The molecule has 1 aromatic heterocycles. The first-order chi connectivity index (χ1) is 19.3. The summed E-state index contributed by atoms with van der Waals surface area (Å²) in [7, 11) is 0. The quantitative estimate of drug-likeness (QED) is 0.225. The lowest BCUT2D eigenvalue weighted by atomic mass is 9.95. The highest BCUT2D eigenvalue weighted by molar-refractivity contribution is 6.09. The Balaban J connectivity index is 1.19. The van der Waals surface area contributed by atoms with E-state index in [-0.39, 0.29) is 0 Å². The highest BCUT2D eigenvalue weighted by Crippen LogP contribution is 2.43. The first kappa shape index (κ1) is 21.1. The standard InChI is InChI=1S/C38H25N/c1-2-8-31-26(7-1)19-27-15-13-24(21-34(27)31)25-14-16-28-20-29-17-18-30(23-36(29)35(28)22-25)39-37-11-5-3-9-32(37)33-10-4-6-12-38(33)39/h1-18,21-23H,19-20H2. The molecule has 0 unspecified atom stereocenters. The normalized spacial score (nSPS) is 12.9. The Labute approximate surface area is 227 Å². The van der Waals surface area contributed by atoms with Crippen LogP contribution in [0, 0.1) is 0 Å². The molecule has 2 aliphatic rings. The second kappa shape index (κ2) is 7.82. The number of rotatable bonds is 2. The predicted octanol–water partition coefficient (Wildman–Crippen LogP) is 9.59. The van der Waals surface area contributed by atoms with Gasteiger partial charge in [-0.05, 0) is 105 Å².